The van der Waals surface area contributed by atoms with Gasteiger partial charge in [0.1, 0.15) is 4.21 Å². The van der Waals surface area contributed by atoms with Crippen LogP contribution in [-0.4, -0.2) is 31.7 Å². The molecule has 2 aromatic carbocycles. The summed E-state index contributed by atoms with van der Waals surface area (Å²) in [7, 11) is -3.92. The molecule has 0 atom stereocenters. The number of amidine groups is 1. The number of nitrogens with one attached hydrogen (secondary N) is 1. The molecule has 2 heterocycles. The number of amides is 2. The van der Waals surface area contributed by atoms with Gasteiger partial charge in [0.15, 0.2) is 5.17 Å². The SMILES string of the molecule is CSC(=NS(=O)(=O)c1ccc(Cl)s1)Nc1ccc(N2C(=O)c3ccc(Cl)cc3C2=O)c(C)c1. The minimum absolute atomic E-state index is 0.0399. The van der Waals surface area contributed by atoms with Gasteiger partial charge in [0.05, 0.1) is 21.2 Å². The van der Waals surface area contributed by atoms with E-state index in [0.717, 1.165) is 28.0 Å². The maximum absolute atomic E-state index is 12.8. The fourth-order valence-corrected chi connectivity index (χ4v) is 6.54. The summed E-state index contributed by atoms with van der Waals surface area (Å²) in [6.07, 6.45) is 1.69. The number of anilines is 2. The molecule has 33 heavy (non-hydrogen) atoms. The molecule has 1 aromatic heterocycles. The number of thiophene rings is 1. The first kappa shape index (κ1) is 23.8. The highest BCUT2D eigenvalue weighted by molar-refractivity contribution is 8.14. The van der Waals surface area contributed by atoms with Crippen LogP contribution < -0.4 is 10.2 Å². The fraction of sp³-hybridized carbons (Fsp3) is 0.0952. The molecule has 1 N–H and O–H groups in total. The molecule has 0 radical (unpaired) electrons. The van der Waals surface area contributed by atoms with Crippen molar-refractivity contribution in [3.63, 3.8) is 0 Å². The van der Waals surface area contributed by atoms with Crippen molar-refractivity contribution in [2.45, 2.75) is 11.1 Å². The Hall–Kier alpha value is -2.37. The maximum atomic E-state index is 12.8. The number of nitrogens with zero attached hydrogens (tertiary/aromatic N) is 2. The Balaban J connectivity index is 1.60. The van der Waals surface area contributed by atoms with E-state index in [1.54, 1.807) is 37.4 Å². The lowest BCUT2D eigenvalue weighted by Gasteiger charge is -2.18. The van der Waals surface area contributed by atoms with Crippen molar-refractivity contribution in [2.24, 2.45) is 4.40 Å². The number of carbonyl (C=O) groups excluding carboxylic acids is 2. The van der Waals surface area contributed by atoms with Gasteiger partial charge in [-0.2, -0.15) is 8.42 Å². The van der Waals surface area contributed by atoms with Gasteiger partial charge in [0.2, 0.25) is 0 Å². The highest BCUT2D eigenvalue weighted by atomic mass is 35.5. The number of carbonyl (C=O) groups is 2. The standard InChI is InChI=1S/C21H15Cl2N3O4S3/c1-11-9-13(24-21(31-2)25-33(29,30)18-8-7-17(23)32-18)4-6-16(11)26-19(27)14-5-3-12(22)10-15(14)20(26)28/h3-10H,1-2H3,(H,24,25). The van der Waals surface area contributed by atoms with Crippen LogP contribution in [0.5, 0.6) is 0 Å². The fourth-order valence-electron chi connectivity index (χ4n) is 3.24. The number of imide groups is 1. The molecule has 0 unspecified atom stereocenters. The van der Waals surface area contributed by atoms with Crippen LogP contribution in [0.2, 0.25) is 9.36 Å². The summed E-state index contributed by atoms with van der Waals surface area (Å²) >= 11 is 13.9. The van der Waals surface area contributed by atoms with E-state index in [1.165, 1.54) is 24.3 Å². The number of benzene rings is 2. The van der Waals surface area contributed by atoms with E-state index in [2.05, 4.69) is 9.71 Å². The van der Waals surface area contributed by atoms with Gasteiger partial charge in [-0.1, -0.05) is 35.0 Å². The van der Waals surface area contributed by atoms with E-state index >= 15 is 0 Å². The Labute approximate surface area is 208 Å². The number of halogens is 2. The Morgan fingerprint density at radius 3 is 2.39 bits per heavy atom. The highest BCUT2D eigenvalue weighted by Gasteiger charge is 2.37. The number of hydrogen-bond donors (Lipinski definition) is 1. The maximum Gasteiger partial charge on any atom is 0.294 e. The molecule has 1 aliphatic heterocycles. The van der Waals surface area contributed by atoms with Gasteiger partial charge in [-0.05, 0) is 67.3 Å². The minimum Gasteiger partial charge on any atom is -0.334 e. The number of hydrogen-bond acceptors (Lipinski definition) is 6. The van der Waals surface area contributed by atoms with Crippen LogP contribution in [-0.2, 0) is 10.0 Å². The number of sulfonamides is 1. The van der Waals surface area contributed by atoms with E-state index < -0.39 is 21.8 Å². The van der Waals surface area contributed by atoms with Gasteiger partial charge in [0.25, 0.3) is 21.8 Å². The zero-order valence-electron chi connectivity index (χ0n) is 17.1. The average Bonchev–Trinajstić information content (AvgIpc) is 3.30. The molecule has 0 spiro atoms. The molecule has 7 nitrogen and oxygen atoms in total. The van der Waals surface area contributed by atoms with Crippen LogP contribution in [0.25, 0.3) is 0 Å². The molecule has 12 heteroatoms. The lowest BCUT2D eigenvalue weighted by atomic mass is 10.1. The van der Waals surface area contributed by atoms with Crippen molar-refractivity contribution < 1.29 is 18.0 Å². The first-order valence-electron chi connectivity index (χ1n) is 9.31. The molecule has 0 bridgehead atoms. The number of thioether (sulfide) groups is 1. The largest absolute Gasteiger partial charge is 0.334 e. The van der Waals surface area contributed by atoms with E-state index in [1.807, 2.05) is 0 Å². The summed E-state index contributed by atoms with van der Waals surface area (Å²) in [5.41, 5.74) is 2.15. The van der Waals surface area contributed by atoms with Gasteiger partial charge in [-0.25, -0.2) is 4.90 Å². The van der Waals surface area contributed by atoms with Crippen molar-refractivity contribution >= 4 is 84.7 Å². The van der Waals surface area contributed by atoms with Crippen molar-refractivity contribution in [2.75, 3.05) is 16.5 Å². The number of rotatable bonds is 4. The summed E-state index contributed by atoms with van der Waals surface area (Å²) < 4.78 is 29.3. The molecule has 2 amide bonds. The molecule has 0 aliphatic carbocycles. The number of aryl methyl sites for hydroxylation is 1. The summed E-state index contributed by atoms with van der Waals surface area (Å²) in [6.45, 7) is 1.75. The average molecular weight is 540 g/mol. The van der Waals surface area contributed by atoms with E-state index in [4.69, 9.17) is 23.2 Å². The van der Waals surface area contributed by atoms with Crippen LogP contribution in [0.3, 0.4) is 0 Å². The van der Waals surface area contributed by atoms with Gasteiger partial charge in [-0.3, -0.25) is 9.59 Å². The van der Waals surface area contributed by atoms with Crippen molar-refractivity contribution in [1.29, 1.82) is 0 Å². The third kappa shape index (κ3) is 4.67. The molecular weight excluding hydrogens is 525 g/mol. The van der Waals surface area contributed by atoms with Crippen molar-refractivity contribution in [1.82, 2.24) is 0 Å². The summed E-state index contributed by atoms with van der Waals surface area (Å²) in [5.74, 6) is -0.879. The lowest BCUT2D eigenvalue weighted by Crippen LogP contribution is -2.30. The molecule has 170 valence electrons. The summed E-state index contributed by atoms with van der Waals surface area (Å²) in [5, 5.41) is 3.49. The van der Waals surface area contributed by atoms with Gasteiger partial charge in [0, 0.05) is 10.7 Å². The first-order chi connectivity index (χ1) is 15.6. The highest BCUT2D eigenvalue weighted by Crippen LogP contribution is 2.33. The Kier molecular flexibility index (Phi) is 6.56. The minimum atomic E-state index is -3.92. The second-order valence-electron chi connectivity index (χ2n) is 6.90. The zero-order chi connectivity index (χ0) is 23.9. The van der Waals surface area contributed by atoms with Gasteiger partial charge >= 0.3 is 0 Å². The quantitative estimate of drug-likeness (QED) is 0.260. The van der Waals surface area contributed by atoms with E-state index in [9.17, 15) is 18.0 Å². The molecule has 0 fully saturated rings. The molecule has 3 aromatic rings. The van der Waals surface area contributed by atoms with Crippen LogP contribution in [0.1, 0.15) is 26.3 Å². The predicted molar refractivity (Wildman–Crippen MR) is 135 cm³/mol. The molecule has 0 saturated carbocycles. The topological polar surface area (TPSA) is 95.9 Å². The smallest absolute Gasteiger partial charge is 0.294 e. The third-order valence-electron chi connectivity index (χ3n) is 4.74. The van der Waals surface area contributed by atoms with Crippen molar-refractivity contribution in [3.8, 4) is 0 Å². The molecule has 1 aliphatic rings. The first-order valence-corrected chi connectivity index (χ1v) is 13.5. The van der Waals surface area contributed by atoms with Gasteiger partial charge in [-0.15, -0.1) is 15.7 Å². The second-order valence-corrected chi connectivity index (χ2v) is 11.7. The monoisotopic (exact) mass is 539 g/mol. The molecular formula is C21H15Cl2N3O4S3. The second kappa shape index (κ2) is 9.11. The molecule has 0 saturated heterocycles. The number of fused-ring (bicyclic) bond motifs is 1. The molecule has 4 rings (SSSR count). The normalized spacial score (nSPS) is 14.1. The van der Waals surface area contributed by atoms with E-state index in [-0.39, 0.29) is 14.9 Å². The van der Waals surface area contributed by atoms with Crippen LogP contribution in [0.15, 0.2) is 57.1 Å². The van der Waals surface area contributed by atoms with E-state index in [0.29, 0.717) is 31.9 Å². The summed E-state index contributed by atoms with van der Waals surface area (Å²) in [4.78, 5) is 26.8. The Morgan fingerprint density at radius 2 is 1.76 bits per heavy atom. The Bertz CT molecular complexity index is 1430. The van der Waals surface area contributed by atoms with Crippen LogP contribution in [0, 0.1) is 6.92 Å². The zero-order valence-corrected chi connectivity index (χ0v) is 21.1. The van der Waals surface area contributed by atoms with Crippen LogP contribution in [0.4, 0.5) is 11.4 Å². The lowest BCUT2D eigenvalue weighted by molar-refractivity contribution is 0.0926. The summed E-state index contributed by atoms with van der Waals surface area (Å²) in [6, 6.07) is 12.4. The van der Waals surface area contributed by atoms with Gasteiger partial charge < -0.3 is 5.32 Å². The third-order valence-corrected chi connectivity index (χ3v) is 8.64. The Morgan fingerprint density at radius 1 is 1.03 bits per heavy atom. The predicted octanol–water partition coefficient (Wildman–Crippen LogP) is 5.68. The van der Waals surface area contributed by atoms with Crippen LogP contribution >= 0.6 is 46.3 Å². The van der Waals surface area contributed by atoms with Crippen molar-refractivity contribution in [3.05, 3.63) is 74.6 Å².